The molecule has 3 rings (SSSR count). The van der Waals surface area contributed by atoms with Crippen LogP contribution in [-0.4, -0.2) is 44.3 Å². The number of rotatable bonds is 4. The number of likely N-dealkylation sites (N-methyl/N-ethyl adjacent to an activating group) is 1. The van der Waals surface area contributed by atoms with Crippen molar-refractivity contribution in [1.82, 2.24) is 9.21 Å². The molecule has 134 valence electrons. The lowest BCUT2D eigenvalue weighted by atomic mass is 10.1. The minimum absolute atomic E-state index is 0.0439. The maximum absolute atomic E-state index is 13.1. The molecule has 0 radical (unpaired) electrons. The van der Waals surface area contributed by atoms with Gasteiger partial charge in [-0.15, -0.1) is 0 Å². The Labute approximate surface area is 146 Å². The second kappa shape index (κ2) is 7.19. The molecule has 0 spiro atoms. The Morgan fingerprint density at radius 1 is 1.00 bits per heavy atom. The summed E-state index contributed by atoms with van der Waals surface area (Å²) in [6.45, 7) is 1.56. The fourth-order valence-corrected chi connectivity index (χ4v) is 4.65. The van der Waals surface area contributed by atoms with Gasteiger partial charge < -0.3 is 4.90 Å². The molecule has 7 heteroatoms. The molecule has 1 saturated heterocycles. The maximum atomic E-state index is 13.1. The Morgan fingerprint density at radius 3 is 2.24 bits per heavy atom. The number of alkyl halides is 2. The molecule has 0 aromatic heterocycles. The molecular weight excluding hydrogens is 346 g/mol. The highest BCUT2D eigenvalue weighted by molar-refractivity contribution is 7.89. The molecule has 1 fully saturated rings. The molecule has 0 amide bonds. The number of halogens is 2. The maximum Gasteiger partial charge on any atom is 0.263 e. The van der Waals surface area contributed by atoms with Gasteiger partial charge in [0.05, 0.1) is 10.9 Å². The highest BCUT2D eigenvalue weighted by Gasteiger charge is 2.36. The molecule has 2 aromatic rings. The Morgan fingerprint density at radius 2 is 1.64 bits per heavy atom. The van der Waals surface area contributed by atoms with E-state index in [1.54, 1.807) is 0 Å². The van der Waals surface area contributed by atoms with Gasteiger partial charge in [0.15, 0.2) is 0 Å². The van der Waals surface area contributed by atoms with Crippen molar-refractivity contribution in [3.05, 3.63) is 65.7 Å². The van der Waals surface area contributed by atoms with Crippen LogP contribution in [0.25, 0.3) is 0 Å². The third-order valence-electron chi connectivity index (χ3n) is 4.46. The normalized spacial score (nSPS) is 20.1. The zero-order valence-electron chi connectivity index (χ0n) is 13.8. The van der Waals surface area contributed by atoms with Crippen molar-refractivity contribution in [3.63, 3.8) is 0 Å². The molecular formula is C18H20F2N2O2S. The molecule has 0 aliphatic carbocycles. The predicted molar refractivity (Wildman–Crippen MR) is 92.0 cm³/mol. The molecule has 1 heterocycles. The van der Waals surface area contributed by atoms with Crippen molar-refractivity contribution in [2.45, 2.75) is 17.4 Å². The lowest BCUT2D eigenvalue weighted by Crippen LogP contribution is -2.49. The van der Waals surface area contributed by atoms with Gasteiger partial charge in [-0.3, -0.25) is 0 Å². The summed E-state index contributed by atoms with van der Waals surface area (Å²) < 4.78 is 53.1. The van der Waals surface area contributed by atoms with E-state index in [9.17, 15) is 17.2 Å². The zero-order chi connectivity index (χ0) is 18.0. The summed E-state index contributed by atoms with van der Waals surface area (Å²) in [4.78, 5) is 2.13. The Hall–Kier alpha value is -1.83. The van der Waals surface area contributed by atoms with Gasteiger partial charge in [-0.05, 0) is 24.7 Å². The molecule has 2 aromatic carbocycles. The summed E-state index contributed by atoms with van der Waals surface area (Å²) >= 11 is 0. The molecule has 1 aliphatic rings. The first-order valence-electron chi connectivity index (χ1n) is 8.03. The van der Waals surface area contributed by atoms with Crippen LogP contribution < -0.4 is 0 Å². The summed E-state index contributed by atoms with van der Waals surface area (Å²) in [5.74, 6) is 0. The van der Waals surface area contributed by atoms with E-state index in [0.717, 1.165) is 5.56 Å². The fourth-order valence-electron chi connectivity index (χ4n) is 3.06. The third-order valence-corrected chi connectivity index (χ3v) is 6.38. The summed E-state index contributed by atoms with van der Waals surface area (Å²) in [5, 5.41) is 0. The zero-order valence-corrected chi connectivity index (χ0v) is 14.7. The molecule has 1 atom stereocenters. The van der Waals surface area contributed by atoms with Gasteiger partial charge in [-0.2, -0.15) is 4.31 Å². The fraction of sp³-hybridized carbons (Fsp3) is 0.333. The first-order valence-corrected chi connectivity index (χ1v) is 9.47. The number of nitrogens with zero attached hydrogens (tertiary/aromatic N) is 2. The molecule has 0 bridgehead atoms. The van der Waals surface area contributed by atoms with Crippen LogP contribution in [0.2, 0.25) is 0 Å². The highest BCUT2D eigenvalue weighted by atomic mass is 32.2. The van der Waals surface area contributed by atoms with Gasteiger partial charge in [0.2, 0.25) is 10.0 Å². The van der Waals surface area contributed by atoms with Crippen LogP contribution in [0.3, 0.4) is 0 Å². The minimum atomic E-state index is -3.76. The van der Waals surface area contributed by atoms with Crippen LogP contribution in [0, 0.1) is 0 Å². The predicted octanol–water partition coefficient (Wildman–Crippen LogP) is 3.30. The first kappa shape index (κ1) is 18.0. The van der Waals surface area contributed by atoms with Gasteiger partial charge >= 0.3 is 0 Å². The SMILES string of the molecule is CN1CCN(S(=O)(=O)c2ccc(C(F)F)cc2)C(c2ccccc2)C1. The van der Waals surface area contributed by atoms with Gasteiger partial charge in [-0.1, -0.05) is 42.5 Å². The topological polar surface area (TPSA) is 40.6 Å². The van der Waals surface area contributed by atoms with E-state index >= 15 is 0 Å². The summed E-state index contributed by atoms with van der Waals surface area (Å²) in [6, 6.07) is 14.0. The minimum Gasteiger partial charge on any atom is -0.303 e. The number of sulfonamides is 1. The van der Waals surface area contributed by atoms with Crippen molar-refractivity contribution in [1.29, 1.82) is 0 Å². The van der Waals surface area contributed by atoms with E-state index in [1.807, 2.05) is 37.4 Å². The van der Waals surface area contributed by atoms with Gasteiger partial charge in [-0.25, -0.2) is 17.2 Å². The average molecular weight is 366 g/mol. The van der Waals surface area contributed by atoms with Crippen molar-refractivity contribution >= 4 is 10.0 Å². The molecule has 0 N–H and O–H groups in total. The second-order valence-corrected chi connectivity index (χ2v) is 8.06. The average Bonchev–Trinajstić information content (AvgIpc) is 2.62. The molecule has 4 nitrogen and oxygen atoms in total. The van der Waals surface area contributed by atoms with Gasteiger partial charge in [0, 0.05) is 25.2 Å². The van der Waals surface area contributed by atoms with Crippen molar-refractivity contribution in [2.75, 3.05) is 26.7 Å². The standard InChI is InChI=1S/C18H20F2N2O2S/c1-21-11-12-22(17(13-21)14-5-3-2-4-6-14)25(23,24)16-9-7-15(8-10-16)18(19)20/h2-10,17-18H,11-13H2,1H3. The molecule has 0 saturated carbocycles. The summed E-state index contributed by atoms with van der Waals surface area (Å²) in [6.07, 6.45) is -2.61. The first-order chi connectivity index (χ1) is 11.9. The van der Waals surface area contributed by atoms with Crippen LogP contribution >= 0.6 is 0 Å². The quantitative estimate of drug-likeness (QED) is 0.834. The van der Waals surface area contributed by atoms with E-state index in [1.165, 1.54) is 28.6 Å². The molecule has 1 unspecified atom stereocenters. The lowest BCUT2D eigenvalue weighted by Gasteiger charge is -2.39. The summed E-state index contributed by atoms with van der Waals surface area (Å²) in [7, 11) is -1.81. The van der Waals surface area contributed by atoms with Gasteiger partial charge in [0.1, 0.15) is 0 Å². The molecule has 25 heavy (non-hydrogen) atoms. The van der Waals surface area contributed by atoms with Crippen molar-refractivity contribution in [2.24, 2.45) is 0 Å². The number of hydrogen-bond acceptors (Lipinski definition) is 3. The van der Waals surface area contributed by atoms with Crippen LogP contribution in [-0.2, 0) is 10.0 Å². The smallest absolute Gasteiger partial charge is 0.263 e. The lowest BCUT2D eigenvalue weighted by molar-refractivity contribution is 0.151. The number of benzene rings is 2. The Balaban J connectivity index is 1.96. The second-order valence-electron chi connectivity index (χ2n) is 6.17. The largest absolute Gasteiger partial charge is 0.303 e. The van der Waals surface area contributed by atoms with Crippen molar-refractivity contribution < 1.29 is 17.2 Å². The number of hydrogen-bond donors (Lipinski definition) is 0. The highest BCUT2D eigenvalue weighted by Crippen LogP contribution is 2.31. The van der Waals surface area contributed by atoms with Gasteiger partial charge in [0.25, 0.3) is 6.43 Å². The van der Waals surface area contributed by atoms with Crippen LogP contribution in [0.1, 0.15) is 23.6 Å². The Bertz CT molecular complexity index is 811. The van der Waals surface area contributed by atoms with Crippen LogP contribution in [0.5, 0.6) is 0 Å². The summed E-state index contributed by atoms with van der Waals surface area (Å²) in [5.41, 5.74) is 0.735. The van der Waals surface area contributed by atoms with Crippen molar-refractivity contribution in [3.8, 4) is 0 Å². The van der Waals surface area contributed by atoms with E-state index < -0.39 is 16.4 Å². The Kier molecular flexibility index (Phi) is 5.17. The van der Waals surface area contributed by atoms with E-state index in [4.69, 9.17) is 0 Å². The number of piperazine rings is 1. The van der Waals surface area contributed by atoms with E-state index in [2.05, 4.69) is 4.90 Å². The monoisotopic (exact) mass is 366 g/mol. The van der Waals surface area contributed by atoms with E-state index in [0.29, 0.717) is 19.6 Å². The van der Waals surface area contributed by atoms with E-state index in [-0.39, 0.29) is 16.5 Å². The third kappa shape index (κ3) is 3.73. The van der Waals surface area contributed by atoms with Crippen LogP contribution in [0.15, 0.2) is 59.5 Å². The molecule has 1 aliphatic heterocycles. The van der Waals surface area contributed by atoms with Crippen LogP contribution in [0.4, 0.5) is 8.78 Å².